The smallest absolute Gasteiger partial charge is 0.325 e. The largest absolute Gasteiger partial charge is 0.491 e. The molecule has 0 heterocycles. The summed E-state index contributed by atoms with van der Waals surface area (Å²) in [5.41, 5.74) is 5.87. The number of benzene rings is 1. The lowest BCUT2D eigenvalue weighted by Gasteiger charge is -2.22. The van der Waals surface area contributed by atoms with Crippen molar-refractivity contribution in [2.24, 2.45) is 5.73 Å². The third-order valence-corrected chi connectivity index (χ3v) is 3.18. The van der Waals surface area contributed by atoms with E-state index in [0.717, 1.165) is 5.56 Å². The average Bonchev–Trinajstić information content (AvgIpc) is 2.42. The summed E-state index contributed by atoms with van der Waals surface area (Å²) >= 11 is 0. The molecule has 0 saturated carbocycles. The average molecular weight is 297 g/mol. The van der Waals surface area contributed by atoms with Crippen LogP contribution in [-0.2, 0) is 9.53 Å². The molecule has 0 aliphatic heterocycles. The van der Waals surface area contributed by atoms with Crippen molar-refractivity contribution in [1.29, 1.82) is 0 Å². The van der Waals surface area contributed by atoms with Gasteiger partial charge in [-0.3, -0.25) is 4.79 Å². The van der Waals surface area contributed by atoms with E-state index >= 15 is 0 Å². The monoisotopic (exact) mass is 297 g/mol. The zero-order valence-electron chi connectivity index (χ0n) is 12.9. The van der Waals surface area contributed by atoms with Crippen LogP contribution in [0.1, 0.15) is 38.7 Å². The SMILES string of the molecule is CCOC(=O)C(C)(N)CCCCOc1cc(C)ccc1F. The molecule has 0 saturated heterocycles. The first-order chi connectivity index (χ1) is 9.86. The van der Waals surface area contributed by atoms with Crippen molar-refractivity contribution < 1.29 is 18.7 Å². The molecule has 1 aromatic rings. The maximum absolute atomic E-state index is 13.5. The number of unbranched alkanes of at least 4 members (excludes halogenated alkanes) is 1. The molecule has 0 aliphatic rings. The summed E-state index contributed by atoms with van der Waals surface area (Å²) in [4.78, 5) is 11.6. The fourth-order valence-corrected chi connectivity index (χ4v) is 1.90. The number of carbonyl (C=O) groups excluding carboxylic acids is 1. The van der Waals surface area contributed by atoms with E-state index in [-0.39, 0.29) is 11.6 Å². The summed E-state index contributed by atoms with van der Waals surface area (Å²) in [7, 11) is 0. The number of hydrogen-bond donors (Lipinski definition) is 1. The van der Waals surface area contributed by atoms with Crippen LogP contribution in [0, 0.1) is 12.7 Å². The van der Waals surface area contributed by atoms with E-state index in [1.54, 1.807) is 26.0 Å². The number of esters is 1. The fraction of sp³-hybridized carbons (Fsp3) is 0.562. The molecule has 1 atom stereocenters. The van der Waals surface area contributed by atoms with Gasteiger partial charge in [-0.25, -0.2) is 4.39 Å². The number of ether oxygens (including phenoxy) is 2. The lowest BCUT2D eigenvalue weighted by molar-refractivity contribution is -0.149. The van der Waals surface area contributed by atoms with Crippen LogP contribution in [0.3, 0.4) is 0 Å². The van der Waals surface area contributed by atoms with Gasteiger partial charge in [0.2, 0.25) is 0 Å². The number of nitrogens with two attached hydrogens (primary N) is 1. The molecule has 0 aliphatic carbocycles. The van der Waals surface area contributed by atoms with Crippen LogP contribution in [0.15, 0.2) is 18.2 Å². The Morgan fingerprint density at radius 3 is 2.76 bits per heavy atom. The van der Waals surface area contributed by atoms with Crippen molar-refractivity contribution in [3.05, 3.63) is 29.6 Å². The number of hydrogen-bond acceptors (Lipinski definition) is 4. The Bertz CT molecular complexity index is 475. The number of halogens is 1. The molecule has 0 radical (unpaired) electrons. The Kier molecular flexibility index (Phi) is 6.62. The molecule has 118 valence electrons. The zero-order chi connectivity index (χ0) is 15.9. The predicted octanol–water partition coefficient (Wildman–Crippen LogP) is 2.96. The molecule has 1 aromatic carbocycles. The molecule has 5 heteroatoms. The van der Waals surface area contributed by atoms with Gasteiger partial charge in [-0.2, -0.15) is 0 Å². The topological polar surface area (TPSA) is 61.5 Å². The first-order valence-electron chi connectivity index (χ1n) is 7.22. The first kappa shape index (κ1) is 17.4. The predicted molar refractivity (Wildman–Crippen MR) is 79.7 cm³/mol. The highest BCUT2D eigenvalue weighted by atomic mass is 19.1. The van der Waals surface area contributed by atoms with Crippen molar-refractivity contribution in [3.63, 3.8) is 0 Å². The van der Waals surface area contributed by atoms with E-state index in [4.69, 9.17) is 15.2 Å². The first-order valence-corrected chi connectivity index (χ1v) is 7.22. The molecule has 0 spiro atoms. The molecule has 2 N–H and O–H groups in total. The van der Waals surface area contributed by atoms with Crippen molar-refractivity contribution in [2.75, 3.05) is 13.2 Å². The summed E-state index contributed by atoms with van der Waals surface area (Å²) in [6.07, 6.45) is 1.91. The van der Waals surface area contributed by atoms with Gasteiger partial charge in [0.25, 0.3) is 0 Å². The maximum Gasteiger partial charge on any atom is 0.325 e. The van der Waals surface area contributed by atoms with Gasteiger partial charge in [0.05, 0.1) is 13.2 Å². The van der Waals surface area contributed by atoms with Gasteiger partial charge in [0.15, 0.2) is 11.6 Å². The fourth-order valence-electron chi connectivity index (χ4n) is 1.90. The van der Waals surface area contributed by atoms with Crippen LogP contribution in [0.25, 0.3) is 0 Å². The third kappa shape index (κ3) is 5.71. The van der Waals surface area contributed by atoms with Crippen LogP contribution < -0.4 is 10.5 Å². The zero-order valence-corrected chi connectivity index (χ0v) is 12.9. The van der Waals surface area contributed by atoms with Gasteiger partial charge >= 0.3 is 5.97 Å². The van der Waals surface area contributed by atoms with E-state index in [2.05, 4.69) is 0 Å². The number of carbonyl (C=O) groups is 1. The number of aryl methyl sites for hydroxylation is 1. The van der Waals surface area contributed by atoms with E-state index < -0.39 is 11.5 Å². The third-order valence-electron chi connectivity index (χ3n) is 3.18. The Morgan fingerprint density at radius 2 is 2.10 bits per heavy atom. The van der Waals surface area contributed by atoms with Crippen LogP contribution in [0.4, 0.5) is 4.39 Å². The van der Waals surface area contributed by atoms with Gasteiger partial charge in [-0.15, -0.1) is 0 Å². The van der Waals surface area contributed by atoms with E-state index in [0.29, 0.717) is 32.5 Å². The van der Waals surface area contributed by atoms with E-state index in [9.17, 15) is 9.18 Å². The molecular weight excluding hydrogens is 273 g/mol. The van der Waals surface area contributed by atoms with Crippen molar-refractivity contribution in [3.8, 4) is 5.75 Å². The Morgan fingerprint density at radius 1 is 1.38 bits per heavy atom. The summed E-state index contributed by atoms with van der Waals surface area (Å²) in [5, 5.41) is 0. The second kappa shape index (κ2) is 7.98. The molecule has 0 aromatic heterocycles. The minimum absolute atomic E-state index is 0.260. The van der Waals surface area contributed by atoms with Crippen LogP contribution in [0.2, 0.25) is 0 Å². The minimum Gasteiger partial charge on any atom is -0.491 e. The van der Waals surface area contributed by atoms with Gasteiger partial charge in [-0.05, 0) is 57.7 Å². The van der Waals surface area contributed by atoms with Gasteiger partial charge in [0.1, 0.15) is 5.54 Å². The normalized spacial score (nSPS) is 13.6. The highest BCUT2D eigenvalue weighted by Gasteiger charge is 2.28. The highest BCUT2D eigenvalue weighted by molar-refractivity contribution is 5.79. The molecule has 4 nitrogen and oxygen atoms in total. The van der Waals surface area contributed by atoms with Crippen LogP contribution in [-0.4, -0.2) is 24.7 Å². The molecular formula is C16H24FNO3. The molecule has 0 amide bonds. The second-order valence-electron chi connectivity index (χ2n) is 5.38. The molecule has 0 fully saturated rings. The summed E-state index contributed by atoms with van der Waals surface area (Å²) < 4.78 is 23.8. The van der Waals surface area contributed by atoms with Gasteiger partial charge in [0, 0.05) is 0 Å². The molecule has 21 heavy (non-hydrogen) atoms. The Hall–Kier alpha value is -1.62. The Balaban J connectivity index is 2.31. The van der Waals surface area contributed by atoms with Crippen LogP contribution in [0.5, 0.6) is 5.75 Å². The quantitative estimate of drug-likeness (QED) is 0.592. The van der Waals surface area contributed by atoms with E-state index in [1.807, 2.05) is 6.92 Å². The second-order valence-corrected chi connectivity index (χ2v) is 5.38. The molecule has 1 rings (SSSR count). The standard InChI is InChI=1S/C16H24FNO3/c1-4-20-15(19)16(3,18)9-5-6-10-21-14-11-12(2)7-8-13(14)17/h7-8,11H,4-6,9-10,18H2,1-3H3. The molecule has 1 unspecified atom stereocenters. The lowest BCUT2D eigenvalue weighted by atomic mass is 9.96. The molecule has 0 bridgehead atoms. The van der Waals surface area contributed by atoms with E-state index in [1.165, 1.54) is 6.07 Å². The van der Waals surface area contributed by atoms with Crippen molar-refractivity contribution in [2.45, 2.75) is 45.6 Å². The van der Waals surface area contributed by atoms with Crippen LogP contribution >= 0.6 is 0 Å². The summed E-state index contributed by atoms with van der Waals surface area (Å²) in [6.45, 7) is 6.00. The van der Waals surface area contributed by atoms with Gasteiger partial charge in [-0.1, -0.05) is 6.07 Å². The van der Waals surface area contributed by atoms with Gasteiger partial charge < -0.3 is 15.2 Å². The van der Waals surface area contributed by atoms with Crippen molar-refractivity contribution in [1.82, 2.24) is 0 Å². The summed E-state index contributed by atoms with van der Waals surface area (Å²) in [6, 6.07) is 4.75. The Labute approximate surface area is 125 Å². The minimum atomic E-state index is -0.982. The lowest BCUT2D eigenvalue weighted by Crippen LogP contribution is -2.46. The summed E-state index contributed by atoms with van der Waals surface area (Å²) in [5.74, 6) is -0.498. The highest BCUT2D eigenvalue weighted by Crippen LogP contribution is 2.19. The maximum atomic E-state index is 13.5. The van der Waals surface area contributed by atoms with Crippen molar-refractivity contribution >= 4 is 5.97 Å². The number of rotatable bonds is 8.